The number of hydrogen-bond donors (Lipinski definition) is 0. The summed E-state index contributed by atoms with van der Waals surface area (Å²) in [5.41, 5.74) is 0. The summed E-state index contributed by atoms with van der Waals surface area (Å²) < 4.78 is 15.6. The first-order valence-electron chi connectivity index (χ1n) is 2.89. The van der Waals surface area contributed by atoms with Crippen molar-refractivity contribution in [3.63, 3.8) is 0 Å². The Hall–Kier alpha value is 0.540. The molecule has 2 nitrogen and oxygen atoms in total. The van der Waals surface area contributed by atoms with Crippen LogP contribution in [-0.2, 0) is 14.9 Å². The Bertz CT molecular complexity index is 95.0. The summed E-state index contributed by atoms with van der Waals surface area (Å²) in [6.45, 7) is 6.55. The third kappa shape index (κ3) is 6.42. The van der Waals surface area contributed by atoms with Gasteiger partial charge in [-0.05, 0) is 12.6 Å². The van der Waals surface area contributed by atoms with Gasteiger partial charge in [0.15, 0.2) is 10.7 Å². The van der Waals surface area contributed by atoms with E-state index in [4.69, 9.17) is 4.18 Å². The van der Waals surface area contributed by atoms with Gasteiger partial charge in [0.25, 0.3) is 0 Å². The van der Waals surface area contributed by atoms with Gasteiger partial charge in [-0.25, -0.2) is 4.21 Å². The average Bonchev–Trinajstić information content (AvgIpc) is 1.83. The molecule has 0 aliphatic rings. The minimum Gasteiger partial charge on any atom is -0.287 e. The normalized spacial score (nSPS) is 15.6. The summed E-state index contributed by atoms with van der Waals surface area (Å²) in [5.74, 6) is 0.477. The lowest BCUT2D eigenvalue weighted by molar-refractivity contribution is 0.302. The molecule has 0 aliphatic carbocycles. The van der Waals surface area contributed by atoms with Crippen molar-refractivity contribution in [1.82, 2.24) is 0 Å². The van der Waals surface area contributed by atoms with Crippen molar-refractivity contribution in [3.8, 4) is 0 Å². The molecule has 2 atom stereocenters. The van der Waals surface area contributed by atoms with Crippen LogP contribution in [0.25, 0.3) is 0 Å². The van der Waals surface area contributed by atoms with E-state index in [0.717, 1.165) is 0 Å². The van der Waals surface area contributed by atoms with Crippen LogP contribution in [0, 0.1) is 5.92 Å². The number of rotatable bonds is 4. The highest BCUT2D eigenvalue weighted by Gasteiger charge is 1.97. The molecule has 0 N–H and O–H groups in total. The molecule has 0 saturated carbocycles. The second-order valence-corrected chi connectivity index (χ2v) is 5.46. The Morgan fingerprint density at radius 2 is 2.22 bits per heavy atom. The van der Waals surface area contributed by atoms with Crippen molar-refractivity contribution in [3.05, 3.63) is 0 Å². The molecule has 0 heterocycles. The minimum atomic E-state index is -1.02. The van der Waals surface area contributed by atoms with E-state index in [9.17, 15) is 4.21 Å². The molecular weight excluding hydrogens is 155 g/mol. The highest BCUT2D eigenvalue weighted by molar-refractivity contribution is 8.36. The van der Waals surface area contributed by atoms with E-state index in [1.807, 2.05) is 20.5 Å². The topological polar surface area (TPSA) is 26.3 Å². The van der Waals surface area contributed by atoms with Gasteiger partial charge in [0, 0.05) is 7.78 Å². The van der Waals surface area contributed by atoms with E-state index < -0.39 is 10.7 Å². The Balaban J connectivity index is 3.17. The van der Waals surface area contributed by atoms with Crippen molar-refractivity contribution in [2.24, 2.45) is 5.92 Å². The summed E-state index contributed by atoms with van der Waals surface area (Å²) in [6.07, 6.45) is 0. The molecule has 56 valence electrons. The molecule has 2 unspecified atom stereocenters. The summed E-state index contributed by atoms with van der Waals surface area (Å²) in [4.78, 5) is 0. The van der Waals surface area contributed by atoms with Crippen molar-refractivity contribution in [2.45, 2.75) is 13.8 Å². The highest BCUT2D eigenvalue weighted by atomic mass is 32.7. The van der Waals surface area contributed by atoms with Crippen molar-refractivity contribution >= 4 is 18.5 Å². The van der Waals surface area contributed by atoms with E-state index in [0.29, 0.717) is 20.3 Å². The molecule has 0 aromatic heterocycles. The SMILES string of the molecule is CPS(=O)OCC(C)C. The van der Waals surface area contributed by atoms with Gasteiger partial charge < -0.3 is 0 Å². The molecule has 0 amide bonds. The summed E-state index contributed by atoms with van der Waals surface area (Å²) in [5, 5.41) is 0. The van der Waals surface area contributed by atoms with Crippen LogP contribution in [0.2, 0.25) is 0 Å². The quantitative estimate of drug-likeness (QED) is 0.595. The first-order chi connectivity index (χ1) is 4.16. The first-order valence-corrected chi connectivity index (χ1v) is 6.19. The predicted octanol–water partition coefficient (Wildman–Crippen LogP) is 1.55. The second-order valence-electron chi connectivity index (χ2n) is 2.12. The molecule has 0 saturated heterocycles. The maximum Gasteiger partial charge on any atom is 0.173 e. The molecule has 0 radical (unpaired) electrons. The van der Waals surface area contributed by atoms with Gasteiger partial charge in [-0.3, -0.25) is 4.18 Å². The van der Waals surface area contributed by atoms with Crippen LogP contribution in [0.15, 0.2) is 0 Å². The van der Waals surface area contributed by atoms with Gasteiger partial charge in [0.2, 0.25) is 0 Å². The Labute approximate surface area is 60.6 Å². The molecule has 4 heteroatoms. The maximum absolute atomic E-state index is 10.6. The minimum absolute atomic E-state index is 0.381. The summed E-state index contributed by atoms with van der Waals surface area (Å²) >= 11 is 0. The van der Waals surface area contributed by atoms with Crippen LogP contribution >= 0.6 is 7.78 Å². The van der Waals surface area contributed by atoms with Crippen LogP contribution in [0.5, 0.6) is 0 Å². The fourth-order valence-electron chi connectivity index (χ4n) is 0.257. The lowest BCUT2D eigenvalue weighted by atomic mass is 10.2. The van der Waals surface area contributed by atoms with Crippen LogP contribution in [0.1, 0.15) is 13.8 Å². The predicted molar refractivity (Wildman–Crippen MR) is 43.2 cm³/mol. The van der Waals surface area contributed by atoms with Gasteiger partial charge in [-0.15, -0.1) is 0 Å². The Kier molecular flexibility index (Phi) is 5.65. The second kappa shape index (κ2) is 5.33. The highest BCUT2D eigenvalue weighted by Crippen LogP contribution is 2.11. The molecule has 0 spiro atoms. The zero-order chi connectivity index (χ0) is 7.28. The average molecular weight is 168 g/mol. The smallest absolute Gasteiger partial charge is 0.173 e. The molecule has 0 rings (SSSR count). The zero-order valence-electron chi connectivity index (χ0n) is 6.01. The van der Waals surface area contributed by atoms with Crippen molar-refractivity contribution in [2.75, 3.05) is 13.3 Å². The lowest BCUT2D eigenvalue weighted by Gasteiger charge is -2.02. The summed E-state index contributed by atoms with van der Waals surface area (Å²) in [6, 6.07) is 0. The van der Waals surface area contributed by atoms with E-state index in [-0.39, 0.29) is 0 Å². The van der Waals surface area contributed by atoms with Crippen LogP contribution in [0.3, 0.4) is 0 Å². The van der Waals surface area contributed by atoms with Crippen molar-refractivity contribution < 1.29 is 8.39 Å². The standard InChI is InChI=1S/C5H13O2PS/c1-5(2)4-7-9(6)8-3/h5,8H,4H2,1-3H3. The molecule has 9 heavy (non-hydrogen) atoms. The molecule has 0 fully saturated rings. The molecule has 0 aliphatic heterocycles. The van der Waals surface area contributed by atoms with E-state index in [1.54, 1.807) is 0 Å². The summed E-state index contributed by atoms with van der Waals surface area (Å²) in [7, 11) is -0.639. The molecule has 0 aromatic rings. The van der Waals surface area contributed by atoms with Gasteiger partial charge >= 0.3 is 0 Å². The van der Waals surface area contributed by atoms with E-state index in [1.165, 1.54) is 0 Å². The van der Waals surface area contributed by atoms with Gasteiger partial charge in [0.1, 0.15) is 0 Å². The fourth-order valence-corrected chi connectivity index (χ4v) is 1.33. The van der Waals surface area contributed by atoms with Crippen LogP contribution in [0.4, 0.5) is 0 Å². The van der Waals surface area contributed by atoms with Gasteiger partial charge in [0.05, 0.1) is 6.61 Å². The first kappa shape index (κ1) is 9.54. The molecule has 0 bridgehead atoms. The maximum atomic E-state index is 10.6. The Morgan fingerprint density at radius 1 is 1.67 bits per heavy atom. The Morgan fingerprint density at radius 3 is 2.56 bits per heavy atom. The zero-order valence-corrected chi connectivity index (χ0v) is 7.83. The number of hydrogen-bond acceptors (Lipinski definition) is 2. The lowest BCUT2D eigenvalue weighted by Crippen LogP contribution is -2.00. The molecular formula is C5H13O2PS. The van der Waals surface area contributed by atoms with Gasteiger partial charge in [-0.2, -0.15) is 0 Å². The van der Waals surface area contributed by atoms with E-state index in [2.05, 4.69) is 0 Å². The van der Waals surface area contributed by atoms with Gasteiger partial charge in [-0.1, -0.05) is 13.8 Å². The third-order valence-corrected chi connectivity index (χ3v) is 2.71. The largest absolute Gasteiger partial charge is 0.287 e. The monoisotopic (exact) mass is 168 g/mol. The van der Waals surface area contributed by atoms with Crippen LogP contribution < -0.4 is 0 Å². The van der Waals surface area contributed by atoms with Crippen LogP contribution in [-0.4, -0.2) is 17.5 Å². The third-order valence-electron chi connectivity index (χ3n) is 0.675. The fraction of sp³-hybridized carbons (Fsp3) is 1.00. The van der Waals surface area contributed by atoms with Crippen molar-refractivity contribution in [1.29, 1.82) is 0 Å². The molecule has 0 aromatic carbocycles. The van der Waals surface area contributed by atoms with E-state index >= 15 is 0 Å².